The van der Waals surface area contributed by atoms with Crippen LogP contribution < -0.4 is 15.5 Å². The maximum absolute atomic E-state index is 9.81. The van der Waals surface area contributed by atoms with E-state index in [0.717, 1.165) is 55.6 Å². The van der Waals surface area contributed by atoms with Crippen LogP contribution in [0.4, 0.5) is 11.5 Å². The zero-order chi connectivity index (χ0) is 20.8. The lowest BCUT2D eigenvalue weighted by Gasteiger charge is -2.35. The van der Waals surface area contributed by atoms with E-state index in [-0.39, 0.29) is 0 Å². The quantitative estimate of drug-likeness (QED) is 0.402. The second-order valence-corrected chi connectivity index (χ2v) is 7.10. The second kappa shape index (κ2) is 9.61. The summed E-state index contributed by atoms with van der Waals surface area (Å²) in [6, 6.07) is 5.97. The van der Waals surface area contributed by atoms with Crippen LogP contribution >= 0.6 is 0 Å². The van der Waals surface area contributed by atoms with Crippen LogP contribution in [0.1, 0.15) is 12.6 Å². The van der Waals surface area contributed by atoms with Crippen LogP contribution in [-0.2, 0) is 6.54 Å². The van der Waals surface area contributed by atoms with Gasteiger partial charge in [-0.2, -0.15) is 0 Å². The molecule has 10 heteroatoms. The van der Waals surface area contributed by atoms with Gasteiger partial charge in [0.15, 0.2) is 12.2 Å². The van der Waals surface area contributed by atoms with Crippen molar-refractivity contribution in [3.05, 3.63) is 48.8 Å². The van der Waals surface area contributed by atoms with Gasteiger partial charge in [-0.1, -0.05) is 6.92 Å². The van der Waals surface area contributed by atoms with Crippen molar-refractivity contribution >= 4 is 11.5 Å². The first-order valence-corrected chi connectivity index (χ1v) is 10.1. The summed E-state index contributed by atoms with van der Waals surface area (Å²) >= 11 is 0. The summed E-state index contributed by atoms with van der Waals surface area (Å²) in [6.07, 6.45) is 6.13. The van der Waals surface area contributed by atoms with Crippen molar-refractivity contribution in [2.24, 2.45) is 0 Å². The number of aliphatic hydroxyl groups is 1. The van der Waals surface area contributed by atoms with Crippen molar-refractivity contribution in [2.45, 2.75) is 19.8 Å². The fourth-order valence-electron chi connectivity index (χ4n) is 3.46. The normalized spacial score (nSPS) is 15.9. The van der Waals surface area contributed by atoms with Gasteiger partial charge in [0.1, 0.15) is 17.8 Å². The molecule has 3 aromatic heterocycles. The molecule has 0 aromatic carbocycles. The van der Waals surface area contributed by atoms with Crippen molar-refractivity contribution in [3.63, 3.8) is 0 Å². The summed E-state index contributed by atoms with van der Waals surface area (Å²) in [5.74, 6) is 1.39. The fraction of sp³-hybridized carbons (Fsp3) is 0.400. The fourth-order valence-corrected chi connectivity index (χ4v) is 3.46. The standard InChI is InChI=1S/C20H27N9O/c1-2-21-20(30)27-18-11-15(25-14-26-18)13-28-7-9-29(10-8-28)16-3-4-17(24-12-16)19-22-5-6-23-19/h3-6,11-12,14,20-21,30H,2,7-10,13H2,1H3,(H,22,23)(H,25,26,27). The van der Waals surface area contributed by atoms with E-state index in [4.69, 9.17) is 0 Å². The molecule has 1 saturated heterocycles. The highest BCUT2D eigenvalue weighted by molar-refractivity contribution is 5.54. The number of anilines is 2. The predicted octanol–water partition coefficient (Wildman–Crippen LogP) is 0.881. The molecule has 1 atom stereocenters. The Labute approximate surface area is 175 Å². The van der Waals surface area contributed by atoms with E-state index in [0.29, 0.717) is 12.4 Å². The lowest BCUT2D eigenvalue weighted by atomic mass is 10.2. The molecule has 4 heterocycles. The summed E-state index contributed by atoms with van der Waals surface area (Å²) in [5, 5.41) is 15.6. The highest BCUT2D eigenvalue weighted by Gasteiger charge is 2.18. The molecule has 1 fully saturated rings. The number of piperazine rings is 1. The number of hydrogen-bond acceptors (Lipinski definition) is 9. The molecule has 0 amide bonds. The van der Waals surface area contributed by atoms with Crippen LogP contribution in [0.2, 0.25) is 0 Å². The third kappa shape index (κ3) is 5.09. The molecule has 4 rings (SSSR count). The highest BCUT2D eigenvalue weighted by Crippen LogP contribution is 2.19. The van der Waals surface area contributed by atoms with Gasteiger partial charge in [0.2, 0.25) is 0 Å². The molecule has 0 bridgehead atoms. The Morgan fingerprint density at radius 2 is 2.00 bits per heavy atom. The minimum atomic E-state index is -0.825. The van der Waals surface area contributed by atoms with E-state index < -0.39 is 6.35 Å². The summed E-state index contributed by atoms with van der Waals surface area (Å²) in [5.41, 5.74) is 2.89. The monoisotopic (exact) mass is 409 g/mol. The van der Waals surface area contributed by atoms with Gasteiger partial charge in [-0.05, 0) is 18.7 Å². The van der Waals surface area contributed by atoms with E-state index in [1.165, 1.54) is 6.33 Å². The molecule has 158 valence electrons. The Hall–Kier alpha value is -3.08. The zero-order valence-electron chi connectivity index (χ0n) is 17.0. The maximum atomic E-state index is 9.81. The number of aromatic amines is 1. The van der Waals surface area contributed by atoms with Crippen LogP contribution in [0.25, 0.3) is 11.5 Å². The van der Waals surface area contributed by atoms with E-state index in [1.54, 1.807) is 12.4 Å². The van der Waals surface area contributed by atoms with Gasteiger partial charge in [-0.3, -0.25) is 15.2 Å². The smallest absolute Gasteiger partial charge is 0.182 e. The molecule has 4 N–H and O–H groups in total. The minimum absolute atomic E-state index is 0.606. The number of nitrogens with one attached hydrogen (secondary N) is 3. The lowest BCUT2D eigenvalue weighted by Crippen LogP contribution is -2.46. The van der Waals surface area contributed by atoms with Gasteiger partial charge >= 0.3 is 0 Å². The first-order valence-electron chi connectivity index (χ1n) is 10.1. The van der Waals surface area contributed by atoms with Crippen LogP contribution in [0.3, 0.4) is 0 Å². The number of aliphatic hydroxyl groups excluding tert-OH is 1. The average molecular weight is 409 g/mol. The Kier molecular flexibility index (Phi) is 6.47. The molecule has 1 unspecified atom stereocenters. The van der Waals surface area contributed by atoms with Gasteiger partial charge in [-0.25, -0.2) is 15.0 Å². The number of nitrogens with zero attached hydrogens (tertiary/aromatic N) is 6. The van der Waals surface area contributed by atoms with Gasteiger partial charge in [0.05, 0.1) is 17.6 Å². The number of imidazole rings is 1. The highest BCUT2D eigenvalue weighted by atomic mass is 16.3. The van der Waals surface area contributed by atoms with Gasteiger partial charge < -0.3 is 20.3 Å². The summed E-state index contributed by atoms with van der Waals surface area (Å²) in [7, 11) is 0. The van der Waals surface area contributed by atoms with Crippen LogP contribution in [0.5, 0.6) is 0 Å². The Bertz CT molecular complexity index is 908. The van der Waals surface area contributed by atoms with Gasteiger partial charge in [0, 0.05) is 51.2 Å². The molecular weight excluding hydrogens is 382 g/mol. The molecule has 0 saturated carbocycles. The van der Waals surface area contributed by atoms with Crippen LogP contribution in [-0.4, -0.2) is 74.0 Å². The molecule has 30 heavy (non-hydrogen) atoms. The van der Waals surface area contributed by atoms with Crippen molar-refractivity contribution < 1.29 is 5.11 Å². The Morgan fingerprint density at radius 1 is 1.13 bits per heavy atom. The largest absolute Gasteiger partial charge is 0.368 e. The first-order chi connectivity index (χ1) is 14.7. The number of hydrogen-bond donors (Lipinski definition) is 4. The topological polar surface area (TPSA) is 118 Å². The average Bonchev–Trinajstić information content (AvgIpc) is 3.30. The second-order valence-electron chi connectivity index (χ2n) is 7.10. The van der Waals surface area contributed by atoms with Gasteiger partial charge in [-0.15, -0.1) is 0 Å². The van der Waals surface area contributed by atoms with Crippen molar-refractivity contribution in [3.8, 4) is 11.5 Å². The first kappa shape index (κ1) is 20.2. The predicted molar refractivity (Wildman–Crippen MR) is 115 cm³/mol. The molecular formula is C20H27N9O. The van der Waals surface area contributed by atoms with E-state index in [1.807, 2.05) is 25.3 Å². The van der Waals surface area contributed by atoms with E-state index in [9.17, 15) is 5.11 Å². The zero-order valence-corrected chi connectivity index (χ0v) is 17.0. The maximum Gasteiger partial charge on any atom is 0.182 e. The molecule has 10 nitrogen and oxygen atoms in total. The van der Waals surface area contributed by atoms with Crippen molar-refractivity contribution in [2.75, 3.05) is 42.9 Å². The molecule has 1 aliphatic heterocycles. The summed E-state index contributed by atoms with van der Waals surface area (Å²) < 4.78 is 0. The molecule has 1 aliphatic rings. The lowest BCUT2D eigenvalue weighted by molar-refractivity contribution is 0.167. The summed E-state index contributed by atoms with van der Waals surface area (Å²) in [4.78, 5) is 25.1. The molecule has 0 aliphatic carbocycles. The Balaban J connectivity index is 1.29. The van der Waals surface area contributed by atoms with E-state index in [2.05, 4.69) is 51.4 Å². The van der Waals surface area contributed by atoms with Crippen LogP contribution in [0.15, 0.2) is 43.1 Å². The number of aromatic nitrogens is 5. The SMILES string of the molecule is CCNC(O)Nc1cc(CN2CCN(c3ccc(-c4ncc[nH]4)nc3)CC2)ncn1. The third-order valence-electron chi connectivity index (χ3n) is 5.02. The minimum Gasteiger partial charge on any atom is -0.368 e. The molecule has 0 spiro atoms. The number of rotatable bonds is 8. The van der Waals surface area contributed by atoms with E-state index >= 15 is 0 Å². The van der Waals surface area contributed by atoms with Crippen molar-refractivity contribution in [1.82, 2.24) is 35.1 Å². The third-order valence-corrected chi connectivity index (χ3v) is 5.02. The number of H-pyrrole nitrogens is 1. The van der Waals surface area contributed by atoms with Crippen LogP contribution in [0, 0.1) is 0 Å². The molecule has 3 aromatic rings. The Morgan fingerprint density at radius 3 is 2.70 bits per heavy atom. The summed E-state index contributed by atoms with van der Waals surface area (Å²) in [6.45, 7) is 7.07. The number of pyridine rings is 1. The molecule has 0 radical (unpaired) electrons. The van der Waals surface area contributed by atoms with Gasteiger partial charge in [0.25, 0.3) is 0 Å². The van der Waals surface area contributed by atoms with Crippen molar-refractivity contribution in [1.29, 1.82) is 0 Å².